The Kier molecular flexibility index (Phi) is 6.29. The van der Waals surface area contributed by atoms with Crippen molar-refractivity contribution in [3.05, 3.63) is 18.0 Å². The lowest BCUT2D eigenvalue weighted by molar-refractivity contribution is -0.102. The van der Waals surface area contributed by atoms with Crippen LogP contribution in [0.5, 0.6) is 6.01 Å². The summed E-state index contributed by atoms with van der Waals surface area (Å²) >= 11 is 0. The summed E-state index contributed by atoms with van der Waals surface area (Å²) < 4.78 is 32.1. The van der Waals surface area contributed by atoms with Crippen molar-refractivity contribution in [2.75, 3.05) is 40.0 Å². The van der Waals surface area contributed by atoms with E-state index in [1.54, 1.807) is 0 Å². The predicted molar refractivity (Wildman–Crippen MR) is 89.9 cm³/mol. The van der Waals surface area contributed by atoms with Crippen LogP contribution in [-0.2, 0) is 23.7 Å². The Hall–Kier alpha value is -1.32. The zero-order chi connectivity index (χ0) is 17.6. The first-order chi connectivity index (χ1) is 12.9. The minimum atomic E-state index is 0.149. The summed E-state index contributed by atoms with van der Waals surface area (Å²) in [5.74, 6) is 0.480. The largest absolute Gasteiger partial charge is 0.436 e. The normalized spacial score (nSPS) is 30.2. The minimum Gasteiger partial charge on any atom is -0.436 e. The van der Waals surface area contributed by atoms with Gasteiger partial charge in [0, 0.05) is 12.4 Å². The van der Waals surface area contributed by atoms with Crippen molar-refractivity contribution in [2.24, 2.45) is 0 Å². The van der Waals surface area contributed by atoms with Gasteiger partial charge >= 0.3 is 6.01 Å². The van der Waals surface area contributed by atoms with Crippen LogP contribution < -0.4 is 4.74 Å². The molecule has 8 nitrogen and oxygen atoms in total. The predicted octanol–water partition coefficient (Wildman–Crippen LogP) is 1.64. The number of epoxide rings is 2. The third-order valence-electron chi connectivity index (χ3n) is 4.86. The molecule has 0 amide bonds. The highest BCUT2D eigenvalue weighted by Gasteiger charge is 2.25. The van der Waals surface area contributed by atoms with Gasteiger partial charge in [0.25, 0.3) is 0 Å². The maximum absolute atomic E-state index is 5.79. The molecule has 1 aromatic heterocycles. The molecule has 0 N–H and O–H groups in total. The van der Waals surface area contributed by atoms with Gasteiger partial charge in [-0.3, -0.25) is 0 Å². The smallest absolute Gasteiger partial charge is 0.318 e. The highest BCUT2D eigenvalue weighted by Crippen LogP contribution is 2.33. The number of ether oxygens (including phenoxy) is 6. The summed E-state index contributed by atoms with van der Waals surface area (Å²) in [6.45, 7) is 3.31. The Morgan fingerprint density at radius 1 is 0.885 bits per heavy atom. The van der Waals surface area contributed by atoms with Crippen molar-refractivity contribution < 1.29 is 28.4 Å². The van der Waals surface area contributed by atoms with Crippen LogP contribution in [0.25, 0.3) is 0 Å². The third-order valence-corrected chi connectivity index (χ3v) is 4.86. The van der Waals surface area contributed by atoms with Gasteiger partial charge < -0.3 is 28.4 Å². The van der Waals surface area contributed by atoms with Crippen molar-refractivity contribution in [3.63, 3.8) is 0 Å². The third kappa shape index (κ3) is 5.85. The average Bonchev–Trinajstić information content (AvgIpc) is 3.59. The van der Waals surface area contributed by atoms with E-state index in [1.165, 1.54) is 0 Å². The molecule has 1 saturated carbocycles. The molecule has 0 radical (unpaired) electrons. The SMILES string of the molecule is c1nc(OCOCC2CO2)ncc1C1CCC(OCOCC2CO2)CC1. The monoisotopic (exact) mass is 366 g/mol. The summed E-state index contributed by atoms with van der Waals surface area (Å²) in [6.07, 6.45) is 8.73. The van der Waals surface area contributed by atoms with E-state index in [0.717, 1.165) is 44.5 Å². The van der Waals surface area contributed by atoms with Gasteiger partial charge in [0.1, 0.15) is 19.0 Å². The zero-order valence-corrected chi connectivity index (χ0v) is 14.9. The fourth-order valence-electron chi connectivity index (χ4n) is 3.10. The van der Waals surface area contributed by atoms with Gasteiger partial charge in [-0.05, 0) is 37.2 Å². The van der Waals surface area contributed by atoms with Crippen LogP contribution in [0, 0.1) is 0 Å². The Balaban J connectivity index is 1.11. The van der Waals surface area contributed by atoms with E-state index in [9.17, 15) is 0 Å². The van der Waals surface area contributed by atoms with Gasteiger partial charge in [-0.2, -0.15) is 0 Å². The molecule has 0 bridgehead atoms. The molecule has 2 aliphatic heterocycles. The summed E-state index contributed by atoms with van der Waals surface area (Å²) in [4.78, 5) is 8.56. The second kappa shape index (κ2) is 9.05. The van der Waals surface area contributed by atoms with E-state index in [-0.39, 0.29) is 19.0 Å². The second-order valence-corrected chi connectivity index (χ2v) is 6.97. The number of hydrogen-bond donors (Lipinski definition) is 0. The van der Waals surface area contributed by atoms with E-state index in [2.05, 4.69) is 9.97 Å². The van der Waals surface area contributed by atoms with Crippen molar-refractivity contribution >= 4 is 0 Å². The van der Waals surface area contributed by atoms with E-state index in [4.69, 9.17) is 28.4 Å². The van der Waals surface area contributed by atoms with Crippen LogP contribution in [-0.4, -0.2) is 68.3 Å². The standard InChI is InChI=1S/C18H26N2O6/c1-3-15(25-11-21-7-16-9-23-16)4-2-13(1)14-5-19-18(20-6-14)26-12-22-8-17-10-24-17/h5-6,13,15-17H,1-4,7-12H2. The Morgan fingerprint density at radius 3 is 2.12 bits per heavy atom. The van der Waals surface area contributed by atoms with Gasteiger partial charge in [0.2, 0.25) is 0 Å². The molecule has 1 aromatic rings. The van der Waals surface area contributed by atoms with Crippen LogP contribution in [0.4, 0.5) is 0 Å². The Bertz CT molecular complexity index is 541. The van der Waals surface area contributed by atoms with Crippen LogP contribution in [0.15, 0.2) is 12.4 Å². The van der Waals surface area contributed by atoms with Crippen molar-refractivity contribution in [1.29, 1.82) is 0 Å². The molecule has 2 atom stereocenters. The molecule has 144 valence electrons. The minimum absolute atomic E-state index is 0.149. The number of nitrogens with zero attached hydrogens (tertiary/aromatic N) is 2. The quantitative estimate of drug-likeness (QED) is 0.332. The zero-order valence-electron chi connectivity index (χ0n) is 14.9. The van der Waals surface area contributed by atoms with Gasteiger partial charge in [-0.15, -0.1) is 0 Å². The topological polar surface area (TPSA) is 87.8 Å². The average molecular weight is 366 g/mol. The second-order valence-electron chi connectivity index (χ2n) is 6.97. The van der Waals surface area contributed by atoms with Crippen LogP contribution in [0.1, 0.15) is 37.2 Å². The first-order valence-electron chi connectivity index (χ1n) is 9.32. The number of hydrogen-bond acceptors (Lipinski definition) is 8. The highest BCUT2D eigenvalue weighted by atomic mass is 16.7. The molecular formula is C18H26N2O6. The molecule has 2 saturated heterocycles. The molecule has 2 unspecified atom stereocenters. The van der Waals surface area contributed by atoms with Crippen LogP contribution >= 0.6 is 0 Å². The lowest BCUT2D eigenvalue weighted by Gasteiger charge is -2.28. The maximum Gasteiger partial charge on any atom is 0.318 e. The molecule has 3 heterocycles. The maximum atomic E-state index is 5.79. The molecule has 0 spiro atoms. The van der Waals surface area contributed by atoms with E-state index in [0.29, 0.717) is 38.0 Å². The number of aromatic nitrogens is 2. The van der Waals surface area contributed by atoms with Crippen molar-refractivity contribution in [3.8, 4) is 6.01 Å². The van der Waals surface area contributed by atoms with E-state index < -0.39 is 0 Å². The van der Waals surface area contributed by atoms with Gasteiger partial charge in [0.05, 0.1) is 32.5 Å². The van der Waals surface area contributed by atoms with Gasteiger partial charge in [-0.25, -0.2) is 9.97 Å². The molecule has 26 heavy (non-hydrogen) atoms. The molecule has 4 rings (SSSR count). The highest BCUT2D eigenvalue weighted by molar-refractivity contribution is 5.14. The summed E-state index contributed by atoms with van der Waals surface area (Å²) in [5, 5.41) is 0. The summed E-state index contributed by atoms with van der Waals surface area (Å²) in [6, 6.07) is 0.347. The molecule has 8 heteroatoms. The lowest BCUT2D eigenvalue weighted by Crippen LogP contribution is -2.22. The fraction of sp³-hybridized carbons (Fsp3) is 0.778. The van der Waals surface area contributed by atoms with Crippen LogP contribution in [0.2, 0.25) is 0 Å². The molecule has 1 aliphatic carbocycles. The first-order valence-corrected chi connectivity index (χ1v) is 9.32. The summed E-state index contributed by atoms with van der Waals surface area (Å²) in [7, 11) is 0. The lowest BCUT2D eigenvalue weighted by atomic mass is 9.84. The van der Waals surface area contributed by atoms with Crippen molar-refractivity contribution in [2.45, 2.75) is 49.9 Å². The number of rotatable bonds is 11. The molecule has 0 aromatic carbocycles. The van der Waals surface area contributed by atoms with Crippen molar-refractivity contribution in [1.82, 2.24) is 9.97 Å². The molecular weight excluding hydrogens is 340 g/mol. The Labute approximate surface area is 153 Å². The first kappa shape index (κ1) is 18.1. The fourth-order valence-corrected chi connectivity index (χ4v) is 3.10. The summed E-state index contributed by atoms with van der Waals surface area (Å²) in [5.41, 5.74) is 1.16. The van der Waals surface area contributed by atoms with Gasteiger partial charge in [-0.1, -0.05) is 0 Å². The van der Waals surface area contributed by atoms with E-state index in [1.807, 2.05) is 12.4 Å². The molecule has 3 fully saturated rings. The van der Waals surface area contributed by atoms with Crippen LogP contribution in [0.3, 0.4) is 0 Å². The van der Waals surface area contributed by atoms with E-state index >= 15 is 0 Å². The van der Waals surface area contributed by atoms with Gasteiger partial charge in [0.15, 0.2) is 6.79 Å². The Morgan fingerprint density at radius 2 is 1.50 bits per heavy atom. The molecule has 3 aliphatic rings.